The highest BCUT2D eigenvalue weighted by Crippen LogP contribution is 2.38. The van der Waals surface area contributed by atoms with E-state index in [1.165, 1.54) is 0 Å². The zero-order chi connectivity index (χ0) is 13.4. The minimum Gasteiger partial charge on any atom is -0.373 e. The van der Waals surface area contributed by atoms with Crippen LogP contribution < -0.4 is 4.18 Å². The lowest BCUT2D eigenvalue weighted by molar-refractivity contribution is -0.0499. The van der Waals surface area contributed by atoms with Crippen molar-refractivity contribution in [2.45, 2.75) is 5.51 Å². The molecule has 1 aromatic carbocycles. The van der Waals surface area contributed by atoms with E-state index in [4.69, 9.17) is 34.8 Å². The van der Waals surface area contributed by atoms with E-state index in [9.17, 15) is 21.6 Å². The first-order valence-electron chi connectivity index (χ1n) is 3.70. The number of benzene rings is 1. The van der Waals surface area contributed by atoms with Crippen molar-refractivity contribution < 1.29 is 25.8 Å². The van der Waals surface area contributed by atoms with Gasteiger partial charge >= 0.3 is 15.6 Å². The lowest BCUT2D eigenvalue weighted by Crippen LogP contribution is -2.28. The molecule has 0 aromatic heterocycles. The first-order chi connectivity index (χ1) is 7.54. The topological polar surface area (TPSA) is 43.4 Å². The molecule has 0 atom stereocenters. The maximum atomic E-state index is 12.0. The number of alkyl halides is 3. The molecule has 3 nitrogen and oxygen atoms in total. The number of halogens is 6. The average Bonchev–Trinajstić information content (AvgIpc) is 2.09. The van der Waals surface area contributed by atoms with E-state index in [-0.39, 0.29) is 5.02 Å². The van der Waals surface area contributed by atoms with E-state index in [0.717, 1.165) is 12.1 Å². The largest absolute Gasteiger partial charge is 0.534 e. The van der Waals surface area contributed by atoms with E-state index in [1.54, 1.807) is 0 Å². The first kappa shape index (κ1) is 14.7. The predicted octanol–water partition coefficient (Wildman–Crippen LogP) is 3.88. The fraction of sp³-hybridized carbons (Fsp3) is 0.143. The van der Waals surface area contributed by atoms with Crippen molar-refractivity contribution in [2.75, 3.05) is 0 Å². The minimum atomic E-state index is -5.82. The molecule has 0 aliphatic heterocycles. The van der Waals surface area contributed by atoms with Gasteiger partial charge in [-0.05, 0) is 12.1 Å². The van der Waals surface area contributed by atoms with Crippen molar-refractivity contribution in [1.82, 2.24) is 0 Å². The van der Waals surface area contributed by atoms with Crippen molar-refractivity contribution in [2.24, 2.45) is 0 Å². The van der Waals surface area contributed by atoms with Gasteiger partial charge in [-0.3, -0.25) is 0 Å². The molecule has 0 bridgehead atoms. The van der Waals surface area contributed by atoms with Crippen molar-refractivity contribution >= 4 is 44.9 Å². The summed E-state index contributed by atoms with van der Waals surface area (Å²) < 4.78 is 61.3. The van der Waals surface area contributed by atoms with E-state index >= 15 is 0 Å². The SMILES string of the molecule is O=S(=O)(Oc1c(Cl)cc(Cl)cc1Cl)C(F)(F)F. The second kappa shape index (κ2) is 4.72. The highest BCUT2D eigenvalue weighted by molar-refractivity contribution is 7.88. The van der Waals surface area contributed by atoms with Gasteiger partial charge in [0, 0.05) is 5.02 Å². The average molecular weight is 330 g/mol. The summed E-state index contributed by atoms with van der Waals surface area (Å²) in [6, 6.07) is 1.99. The van der Waals surface area contributed by atoms with Gasteiger partial charge < -0.3 is 4.18 Å². The van der Waals surface area contributed by atoms with Gasteiger partial charge in [0.15, 0.2) is 5.75 Å². The number of hydrogen-bond donors (Lipinski definition) is 0. The summed E-state index contributed by atoms with van der Waals surface area (Å²) in [6.45, 7) is 0. The van der Waals surface area contributed by atoms with Crippen molar-refractivity contribution in [3.05, 3.63) is 27.2 Å². The van der Waals surface area contributed by atoms with Gasteiger partial charge in [-0.15, -0.1) is 0 Å². The molecule has 0 radical (unpaired) electrons. The molecule has 0 aliphatic carbocycles. The van der Waals surface area contributed by atoms with Gasteiger partial charge in [-0.1, -0.05) is 34.8 Å². The maximum absolute atomic E-state index is 12.0. The normalized spacial score (nSPS) is 12.6. The molecule has 0 fully saturated rings. The summed E-state index contributed by atoms with van der Waals surface area (Å²) in [5.74, 6) is -0.824. The lowest BCUT2D eigenvalue weighted by Gasteiger charge is -2.11. The Hall–Kier alpha value is -0.370. The van der Waals surface area contributed by atoms with Crippen LogP contribution in [-0.2, 0) is 10.1 Å². The summed E-state index contributed by atoms with van der Waals surface area (Å²) in [4.78, 5) is 0. The van der Waals surface area contributed by atoms with E-state index in [0.29, 0.717) is 0 Å². The molecular weight excluding hydrogens is 327 g/mol. The third kappa shape index (κ3) is 3.31. The van der Waals surface area contributed by atoms with Gasteiger partial charge in [0.1, 0.15) is 0 Å². The summed E-state index contributed by atoms with van der Waals surface area (Å²) in [7, 11) is -5.82. The van der Waals surface area contributed by atoms with Gasteiger partial charge in [0.05, 0.1) is 10.0 Å². The van der Waals surface area contributed by atoms with Crippen LogP contribution in [0.4, 0.5) is 13.2 Å². The van der Waals surface area contributed by atoms with Crippen molar-refractivity contribution in [3.63, 3.8) is 0 Å². The van der Waals surface area contributed by atoms with Crippen LogP contribution in [0.25, 0.3) is 0 Å². The zero-order valence-electron chi connectivity index (χ0n) is 7.56. The Labute approximate surface area is 109 Å². The number of rotatable bonds is 2. The maximum Gasteiger partial charge on any atom is 0.534 e. The Kier molecular flexibility index (Phi) is 4.08. The van der Waals surface area contributed by atoms with E-state index in [1.807, 2.05) is 0 Å². The molecule has 1 rings (SSSR count). The molecule has 0 unspecified atom stereocenters. The molecule has 0 saturated carbocycles. The van der Waals surface area contributed by atoms with E-state index in [2.05, 4.69) is 4.18 Å². The molecule has 0 amide bonds. The van der Waals surface area contributed by atoms with Crippen LogP contribution in [0.2, 0.25) is 15.1 Å². The highest BCUT2D eigenvalue weighted by atomic mass is 35.5. The van der Waals surface area contributed by atoms with Crippen molar-refractivity contribution in [3.8, 4) is 5.75 Å². The van der Waals surface area contributed by atoms with Crippen LogP contribution in [0, 0.1) is 0 Å². The molecule has 0 heterocycles. The Balaban J connectivity index is 3.22. The third-order valence-electron chi connectivity index (χ3n) is 1.44. The molecule has 17 heavy (non-hydrogen) atoms. The first-order valence-corrected chi connectivity index (χ1v) is 6.24. The standard InChI is InChI=1S/C7H2Cl3F3O3S/c8-3-1-4(9)6(5(10)2-3)16-17(14,15)7(11,12)13/h1-2H. The molecule has 0 spiro atoms. The fourth-order valence-electron chi connectivity index (χ4n) is 0.766. The zero-order valence-corrected chi connectivity index (χ0v) is 10.6. The van der Waals surface area contributed by atoms with Gasteiger partial charge in [-0.2, -0.15) is 21.6 Å². The molecular formula is C7H2Cl3F3O3S. The summed E-state index contributed by atoms with van der Waals surface area (Å²) in [5, 5.41) is -0.873. The molecule has 0 saturated heterocycles. The third-order valence-corrected chi connectivity index (χ3v) is 3.17. The van der Waals surface area contributed by atoms with E-state index < -0.39 is 31.4 Å². The molecule has 10 heteroatoms. The summed E-state index contributed by atoms with van der Waals surface area (Å²) in [5.41, 5.74) is -5.57. The Morgan fingerprint density at radius 3 is 1.82 bits per heavy atom. The fourth-order valence-corrected chi connectivity index (χ4v) is 2.24. The van der Waals surface area contributed by atoms with Gasteiger partial charge in [-0.25, -0.2) is 0 Å². The van der Waals surface area contributed by atoms with Crippen LogP contribution in [0.5, 0.6) is 5.75 Å². The van der Waals surface area contributed by atoms with Crippen molar-refractivity contribution in [1.29, 1.82) is 0 Å². The van der Waals surface area contributed by atoms with Crippen LogP contribution in [0.15, 0.2) is 12.1 Å². The molecule has 0 N–H and O–H groups in total. The smallest absolute Gasteiger partial charge is 0.373 e. The predicted molar refractivity (Wildman–Crippen MR) is 57.1 cm³/mol. The van der Waals surface area contributed by atoms with Crippen LogP contribution in [-0.4, -0.2) is 13.9 Å². The Morgan fingerprint density at radius 2 is 1.47 bits per heavy atom. The monoisotopic (exact) mass is 328 g/mol. The lowest BCUT2D eigenvalue weighted by atomic mass is 10.3. The Bertz CT molecular complexity index is 518. The second-order valence-corrected chi connectivity index (χ2v) is 5.47. The summed E-state index contributed by atoms with van der Waals surface area (Å²) >= 11 is 16.4. The van der Waals surface area contributed by atoms with Gasteiger partial charge in [0.25, 0.3) is 0 Å². The quantitative estimate of drug-likeness (QED) is 0.611. The van der Waals surface area contributed by atoms with Crippen LogP contribution >= 0.6 is 34.8 Å². The highest BCUT2D eigenvalue weighted by Gasteiger charge is 2.49. The summed E-state index contributed by atoms with van der Waals surface area (Å²) in [6.07, 6.45) is 0. The number of hydrogen-bond acceptors (Lipinski definition) is 3. The second-order valence-electron chi connectivity index (χ2n) is 2.68. The van der Waals surface area contributed by atoms with Crippen LogP contribution in [0.3, 0.4) is 0 Å². The van der Waals surface area contributed by atoms with Gasteiger partial charge in [0.2, 0.25) is 0 Å². The molecule has 1 aromatic rings. The Morgan fingerprint density at radius 1 is 1.06 bits per heavy atom. The minimum absolute atomic E-state index is 0.0248. The van der Waals surface area contributed by atoms with Crippen LogP contribution in [0.1, 0.15) is 0 Å². The molecule has 0 aliphatic rings. The molecule has 96 valence electrons.